The minimum absolute atomic E-state index is 0.00106. The van der Waals surface area contributed by atoms with Crippen molar-refractivity contribution in [2.75, 3.05) is 26.7 Å². The van der Waals surface area contributed by atoms with Crippen LogP contribution in [0.25, 0.3) is 0 Å². The quantitative estimate of drug-likeness (QED) is 0.900. The van der Waals surface area contributed by atoms with Gasteiger partial charge in [0.2, 0.25) is 5.91 Å². The van der Waals surface area contributed by atoms with E-state index >= 15 is 0 Å². The van der Waals surface area contributed by atoms with Gasteiger partial charge in [0.05, 0.1) is 19.1 Å². The Bertz CT molecular complexity index is 590. The summed E-state index contributed by atoms with van der Waals surface area (Å²) in [5.41, 5.74) is 2.56. The van der Waals surface area contributed by atoms with Crippen molar-refractivity contribution in [3.05, 3.63) is 35.4 Å². The second-order valence-electron chi connectivity index (χ2n) is 7.68. The molecule has 1 fully saturated rings. The van der Waals surface area contributed by atoms with Crippen molar-refractivity contribution in [2.24, 2.45) is 0 Å². The van der Waals surface area contributed by atoms with Crippen LogP contribution in [-0.4, -0.2) is 53.5 Å². The lowest BCUT2D eigenvalue weighted by atomic mass is 9.86. The number of aliphatic carboxylic acids is 1. The van der Waals surface area contributed by atoms with E-state index in [0.717, 1.165) is 24.9 Å². The Labute approximate surface area is 144 Å². The number of carboxylic acid groups (broad SMARTS) is 1. The molecule has 1 aromatic rings. The number of carboxylic acids is 1. The Morgan fingerprint density at radius 2 is 1.83 bits per heavy atom. The van der Waals surface area contributed by atoms with E-state index < -0.39 is 5.97 Å². The third-order valence-corrected chi connectivity index (χ3v) is 4.54. The minimum Gasteiger partial charge on any atom is -0.480 e. The van der Waals surface area contributed by atoms with Crippen molar-refractivity contribution >= 4 is 11.9 Å². The fraction of sp³-hybridized carbons (Fsp3) is 0.579. The number of hydrogen-bond donors (Lipinski definition) is 1. The van der Waals surface area contributed by atoms with Gasteiger partial charge in [-0.1, -0.05) is 45.0 Å². The van der Waals surface area contributed by atoms with Gasteiger partial charge in [0.15, 0.2) is 0 Å². The Morgan fingerprint density at radius 3 is 2.38 bits per heavy atom. The van der Waals surface area contributed by atoms with Crippen molar-refractivity contribution in [1.29, 1.82) is 0 Å². The summed E-state index contributed by atoms with van der Waals surface area (Å²) in [5, 5.41) is 8.82. The maximum atomic E-state index is 12.5. The summed E-state index contributed by atoms with van der Waals surface area (Å²) in [6.07, 6.45) is 1.95. The Kier molecular flexibility index (Phi) is 5.65. The summed E-state index contributed by atoms with van der Waals surface area (Å²) >= 11 is 0. The van der Waals surface area contributed by atoms with Crippen molar-refractivity contribution in [1.82, 2.24) is 9.80 Å². The van der Waals surface area contributed by atoms with Gasteiger partial charge in [0.1, 0.15) is 0 Å². The number of hydrogen-bond acceptors (Lipinski definition) is 3. The van der Waals surface area contributed by atoms with Crippen LogP contribution in [0, 0.1) is 0 Å². The molecule has 1 atom stereocenters. The standard InChI is InChI=1S/C19H28N2O3/c1-19(2,3)15-9-7-14(8-10-15)16-6-5-11-21(16)17(22)12-20(4)13-18(23)24/h7-10,16H,5-6,11-13H2,1-4H3,(H,23,24). The van der Waals surface area contributed by atoms with E-state index in [1.54, 1.807) is 11.9 Å². The van der Waals surface area contributed by atoms with Crippen LogP contribution < -0.4 is 0 Å². The smallest absolute Gasteiger partial charge is 0.317 e. The summed E-state index contributed by atoms with van der Waals surface area (Å²) in [6.45, 7) is 7.32. The summed E-state index contributed by atoms with van der Waals surface area (Å²) in [7, 11) is 1.66. The zero-order chi connectivity index (χ0) is 17.9. The van der Waals surface area contributed by atoms with E-state index in [1.807, 2.05) is 4.90 Å². The van der Waals surface area contributed by atoms with Crippen LogP contribution in [0.4, 0.5) is 0 Å². The largest absolute Gasteiger partial charge is 0.480 e. The zero-order valence-electron chi connectivity index (χ0n) is 15.1. The summed E-state index contributed by atoms with van der Waals surface area (Å²) < 4.78 is 0. The molecule has 24 heavy (non-hydrogen) atoms. The molecule has 1 unspecified atom stereocenters. The Balaban J connectivity index is 2.07. The fourth-order valence-corrected chi connectivity index (χ4v) is 3.23. The van der Waals surface area contributed by atoms with Crippen molar-refractivity contribution in [3.63, 3.8) is 0 Å². The molecule has 0 radical (unpaired) electrons. The molecular weight excluding hydrogens is 304 g/mol. The molecule has 1 aliphatic heterocycles. The normalized spacial score (nSPS) is 18.2. The third kappa shape index (κ3) is 4.57. The fourth-order valence-electron chi connectivity index (χ4n) is 3.23. The van der Waals surface area contributed by atoms with E-state index in [4.69, 9.17) is 5.11 Å². The minimum atomic E-state index is -0.916. The summed E-state index contributed by atoms with van der Waals surface area (Å²) in [6, 6.07) is 8.64. The SMILES string of the molecule is CN(CC(=O)O)CC(=O)N1CCCC1c1ccc(C(C)(C)C)cc1. The van der Waals surface area contributed by atoms with E-state index in [-0.39, 0.29) is 30.5 Å². The van der Waals surface area contributed by atoms with Gasteiger partial charge >= 0.3 is 5.97 Å². The number of benzene rings is 1. The molecule has 0 saturated carbocycles. The molecule has 132 valence electrons. The van der Waals surface area contributed by atoms with Crippen molar-refractivity contribution in [2.45, 2.75) is 45.1 Å². The molecule has 5 nitrogen and oxygen atoms in total. The van der Waals surface area contributed by atoms with Crippen LogP contribution in [0.5, 0.6) is 0 Å². The van der Waals surface area contributed by atoms with Crippen LogP contribution >= 0.6 is 0 Å². The zero-order valence-corrected chi connectivity index (χ0v) is 15.1. The number of likely N-dealkylation sites (tertiary alicyclic amines) is 1. The number of carbonyl (C=O) groups excluding carboxylic acids is 1. The number of carbonyl (C=O) groups is 2. The Morgan fingerprint density at radius 1 is 1.21 bits per heavy atom. The second-order valence-corrected chi connectivity index (χ2v) is 7.68. The predicted molar refractivity (Wildman–Crippen MR) is 94.0 cm³/mol. The lowest BCUT2D eigenvalue weighted by molar-refractivity contribution is -0.139. The average molecular weight is 332 g/mol. The molecule has 0 aliphatic carbocycles. The van der Waals surface area contributed by atoms with Crippen molar-refractivity contribution < 1.29 is 14.7 Å². The summed E-state index contributed by atoms with van der Waals surface area (Å²) in [5.74, 6) is -0.915. The highest BCUT2D eigenvalue weighted by molar-refractivity contribution is 5.80. The maximum Gasteiger partial charge on any atom is 0.317 e. The van der Waals surface area contributed by atoms with Gasteiger partial charge in [-0.3, -0.25) is 14.5 Å². The molecule has 5 heteroatoms. The van der Waals surface area contributed by atoms with E-state index in [2.05, 4.69) is 45.0 Å². The molecule has 1 aromatic carbocycles. The van der Waals surface area contributed by atoms with Crippen LogP contribution in [0.15, 0.2) is 24.3 Å². The molecule has 2 rings (SSSR count). The molecule has 1 N–H and O–H groups in total. The number of rotatable bonds is 5. The predicted octanol–water partition coefficient (Wildman–Crippen LogP) is 2.66. The van der Waals surface area contributed by atoms with Gasteiger partial charge < -0.3 is 10.0 Å². The molecule has 1 aliphatic rings. The van der Waals surface area contributed by atoms with E-state index in [0.29, 0.717) is 0 Å². The summed E-state index contributed by atoms with van der Waals surface area (Å²) in [4.78, 5) is 26.7. The van der Waals surface area contributed by atoms with Crippen LogP contribution in [0.1, 0.15) is 50.8 Å². The molecule has 1 amide bonds. The van der Waals surface area contributed by atoms with Crippen LogP contribution in [0.2, 0.25) is 0 Å². The van der Waals surface area contributed by atoms with E-state index in [9.17, 15) is 9.59 Å². The van der Waals surface area contributed by atoms with Gasteiger partial charge in [-0.15, -0.1) is 0 Å². The topological polar surface area (TPSA) is 60.9 Å². The first-order chi connectivity index (χ1) is 11.2. The first-order valence-electron chi connectivity index (χ1n) is 8.48. The average Bonchev–Trinajstić information content (AvgIpc) is 2.95. The Hall–Kier alpha value is -1.88. The number of likely N-dealkylation sites (N-methyl/N-ethyl adjacent to an activating group) is 1. The highest BCUT2D eigenvalue weighted by Gasteiger charge is 2.30. The van der Waals surface area contributed by atoms with Crippen LogP contribution in [0.3, 0.4) is 0 Å². The lowest BCUT2D eigenvalue weighted by Crippen LogP contribution is -2.40. The molecule has 0 aromatic heterocycles. The lowest BCUT2D eigenvalue weighted by Gasteiger charge is -2.28. The molecule has 0 bridgehead atoms. The molecule has 0 spiro atoms. The highest BCUT2D eigenvalue weighted by Crippen LogP contribution is 2.33. The van der Waals surface area contributed by atoms with Crippen molar-refractivity contribution in [3.8, 4) is 0 Å². The second kappa shape index (κ2) is 7.34. The van der Waals surface area contributed by atoms with Gasteiger partial charge in [-0.05, 0) is 36.4 Å². The maximum absolute atomic E-state index is 12.5. The number of amides is 1. The highest BCUT2D eigenvalue weighted by atomic mass is 16.4. The van der Waals surface area contributed by atoms with Gasteiger partial charge in [-0.2, -0.15) is 0 Å². The molecule has 1 saturated heterocycles. The van der Waals surface area contributed by atoms with Gasteiger partial charge in [0.25, 0.3) is 0 Å². The number of nitrogens with zero attached hydrogens (tertiary/aromatic N) is 2. The monoisotopic (exact) mass is 332 g/mol. The molecular formula is C19H28N2O3. The first-order valence-corrected chi connectivity index (χ1v) is 8.48. The van der Waals surface area contributed by atoms with Gasteiger partial charge in [0, 0.05) is 6.54 Å². The van der Waals surface area contributed by atoms with E-state index in [1.165, 1.54) is 5.56 Å². The molecule has 1 heterocycles. The third-order valence-electron chi connectivity index (χ3n) is 4.54. The van der Waals surface area contributed by atoms with Crippen LogP contribution in [-0.2, 0) is 15.0 Å². The first kappa shape index (κ1) is 18.5. The van der Waals surface area contributed by atoms with Gasteiger partial charge in [-0.25, -0.2) is 0 Å².